The maximum absolute atomic E-state index is 10.4. The highest BCUT2D eigenvalue weighted by atomic mass is 16.5. The van der Waals surface area contributed by atoms with Crippen LogP contribution >= 0.6 is 0 Å². The van der Waals surface area contributed by atoms with Crippen LogP contribution in [0.2, 0.25) is 0 Å². The van der Waals surface area contributed by atoms with Crippen LogP contribution in [0.3, 0.4) is 0 Å². The average molecular weight is 339 g/mol. The second kappa shape index (κ2) is 5.95. The van der Waals surface area contributed by atoms with Gasteiger partial charge in [-0.3, -0.25) is 4.90 Å². The fourth-order valence-corrected chi connectivity index (χ4v) is 4.52. The van der Waals surface area contributed by atoms with Crippen molar-refractivity contribution in [1.29, 1.82) is 0 Å². The highest BCUT2D eigenvalue weighted by Crippen LogP contribution is 2.62. The Morgan fingerprint density at radius 3 is 2.48 bits per heavy atom. The number of phenolic OH excluding ortho intramolecular Hbond substituents is 1. The third-order valence-electron chi connectivity index (χ3n) is 5.87. The van der Waals surface area contributed by atoms with Crippen molar-refractivity contribution in [3.05, 3.63) is 53.1 Å². The molecule has 1 fully saturated rings. The summed E-state index contributed by atoms with van der Waals surface area (Å²) < 4.78 is 11.0. The molecule has 1 N–H and O–H groups in total. The molecule has 1 aliphatic carbocycles. The van der Waals surface area contributed by atoms with Crippen LogP contribution in [0.15, 0.2) is 36.4 Å². The van der Waals surface area contributed by atoms with Gasteiger partial charge < -0.3 is 14.6 Å². The van der Waals surface area contributed by atoms with Gasteiger partial charge in [0.1, 0.15) is 5.75 Å². The summed E-state index contributed by atoms with van der Waals surface area (Å²) in [5.41, 5.74) is 3.82. The molecule has 0 bridgehead atoms. The lowest BCUT2D eigenvalue weighted by Crippen LogP contribution is -2.39. The van der Waals surface area contributed by atoms with Crippen LogP contribution < -0.4 is 9.47 Å². The van der Waals surface area contributed by atoms with E-state index >= 15 is 0 Å². The Labute approximate surface area is 149 Å². The molecule has 0 radical (unpaired) electrons. The maximum Gasteiger partial charge on any atom is 0.160 e. The lowest BCUT2D eigenvalue weighted by Gasteiger charge is -2.41. The Kier molecular flexibility index (Phi) is 3.88. The summed E-state index contributed by atoms with van der Waals surface area (Å²) in [6.07, 6.45) is 3.24. The van der Waals surface area contributed by atoms with E-state index in [1.807, 2.05) is 24.3 Å². The number of hydrogen-bond donors (Lipinski definition) is 1. The maximum atomic E-state index is 10.4. The second-order valence-corrected chi connectivity index (χ2v) is 7.21. The lowest BCUT2D eigenvalue weighted by atomic mass is 9.78. The van der Waals surface area contributed by atoms with Crippen molar-refractivity contribution in [2.45, 2.75) is 30.7 Å². The molecule has 1 heterocycles. The van der Waals surface area contributed by atoms with Gasteiger partial charge in [0.15, 0.2) is 11.5 Å². The average Bonchev–Trinajstić information content (AvgIpc) is 3.42. The van der Waals surface area contributed by atoms with Crippen molar-refractivity contribution in [2.24, 2.45) is 0 Å². The Morgan fingerprint density at radius 2 is 1.80 bits per heavy atom. The summed E-state index contributed by atoms with van der Waals surface area (Å²) in [7, 11) is 5.53. The van der Waals surface area contributed by atoms with Crippen molar-refractivity contribution in [1.82, 2.24) is 4.90 Å². The highest BCUT2D eigenvalue weighted by molar-refractivity contribution is 5.53. The Hall–Kier alpha value is -2.20. The van der Waals surface area contributed by atoms with E-state index in [1.165, 1.54) is 16.7 Å². The molecule has 4 nitrogen and oxygen atoms in total. The zero-order valence-electron chi connectivity index (χ0n) is 15.1. The van der Waals surface area contributed by atoms with E-state index in [-0.39, 0.29) is 17.2 Å². The summed E-state index contributed by atoms with van der Waals surface area (Å²) in [4.78, 5) is 2.42. The standard InChI is InChI=1S/C21H25NO3/c1-22-11-8-14-12-19(25-3)17(23)13-15(14)20(22)21(9-10-21)16-6-4-5-7-18(16)24-2/h4-7,12-13,20,23H,8-11H2,1-3H3. The molecule has 1 atom stereocenters. The molecule has 132 valence electrons. The van der Waals surface area contributed by atoms with Gasteiger partial charge in [0.25, 0.3) is 0 Å². The van der Waals surface area contributed by atoms with Crippen molar-refractivity contribution in [3.8, 4) is 17.2 Å². The van der Waals surface area contributed by atoms with Crippen LogP contribution in [0.25, 0.3) is 0 Å². The number of nitrogens with zero attached hydrogens (tertiary/aromatic N) is 1. The molecule has 0 amide bonds. The fourth-order valence-electron chi connectivity index (χ4n) is 4.52. The molecule has 2 aromatic carbocycles. The predicted octanol–water partition coefficient (Wildman–Crippen LogP) is 3.67. The van der Waals surface area contributed by atoms with Crippen molar-refractivity contribution in [2.75, 3.05) is 27.8 Å². The van der Waals surface area contributed by atoms with Crippen molar-refractivity contribution < 1.29 is 14.6 Å². The van der Waals surface area contributed by atoms with E-state index in [4.69, 9.17) is 9.47 Å². The number of likely N-dealkylation sites (N-methyl/N-ethyl adjacent to an activating group) is 1. The molecule has 0 aromatic heterocycles. The summed E-state index contributed by atoms with van der Waals surface area (Å²) in [5.74, 6) is 1.74. The van der Waals surface area contributed by atoms with E-state index < -0.39 is 0 Å². The number of hydrogen-bond acceptors (Lipinski definition) is 4. The SMILES string of the molecule is COc1cc2c(cc1O)C(C1(c3ccccc3OC)CC1)N(C)CC2. The number of fused-ring (bicyclic) bond motifs is 1. The van der Waals surface area contributed by atoms with Gasteiger partial charge >= 0.3 is 0 Å². The van der Waals surface area contributed by atoms with E-state index in [0.29, 0.717) is 5.75 Å². The minimum absolute atomic E-state index is 0.0531. The molecular weight excluding hydrogens is 314 g/mol. The molecule has 0 spiro atoms. The number of aromatic hydroxyl groups is 1. The third kappa shape index (κ3) is 2.47. The zero-order valence-corrected chi connectivity index (χ0v) is 15.1. The Morgan fingerprint density at radius 1 is 1.08 bits per heavy atom. The molecule has 2 aromatic rings. The molecular formula is C21H25NO3. The van der Waals surface area contributed by atoms with Gasteiger partial charge in [0, 0.05) is 23.6 Å². The molecule has 1 aliphatic heterocycles. The second-order valence-electron chi connectivity index (χ2n) is 7.21. The van der Waals surface area contributed by atoms with E-state index in [9.17, 15) is 5.11 Å². The fraction of sp³-hybridized carbons (Fsp3) is 0.429. The molecule has 25 heavy (non-hydrogen) atoms. The first-order valence-electron chi connectivity index (χ1n) is 8.84. The number of ether oxygens (including phenoxy) is 2. The smallest absolute Gasteiger partial charge is 0.160 e. The van der Waals surface area contributed by atoms with Gasteiger partial charge in [0.2, 0.25) is 0 Å². The zero-order chi connectivity index (χ0) is 17.6. The monoisotopic (exact) mass is 339 g/mol. The normalized spacial score (nSPS) is 21.5. The highest BCUT2D eigenvalue weighted by Gasteiger charge is 2.55. The van der Waals surface area contributed by atoms with Crippen LogP contribution in [0, 0.1) is 0 Å². The minimum atomic E-state index is 0.0531. The molecule has 2 aliphatic rings. The van der Waals surface area contributed by atoms with Crippen molar-refractivity contribution in [3.63, 3.8) is 0 Å². The summed E-state index contributed by atoms with van der Waals surface area (Å²) in [6.45, 7) is 1.00. The predicted molar refractivity (Wildman–Crippen MR) is 97.6 cm³/mol. The first kappa shape index (κ1) is 16.3. The number of rotatable bonds is 4. The first-order chi connectivity index (χ1) is 12.1. The van der Waals surface area contributed by atoms with Crippen LogP contribution in [-0.4, -0.2) is 37.8 Å². The summed E-state index contributed by atoms with van der Waals surface area (Å²) in [5, 5.41) is 10.4. The van der Waals surface area contributed by atoms with Crippen LogP contribution in [0.5, 0.6) is 17.2 Å². The van der Waals surface area contributed by atoms with Gasteiger partial charge in [-0.15, -0.1) is 0 Å². The topological polar surface area (TPSA) is 41.9 Å². The van der Waals surface area contributed by atoms with E-state index in [2.05, 4.69) is 24.1 Å². The molecule has 1 unspecified atom stereocenters. The van der Waals surface area contributed by atoms with Crippen LogP contribution in [0.1, 0.15) is 35.6 Å². The number of para-hydroxylation sites is 1. The van der Waals surface area contributed by atoms with Gasteiger partial charge in [-0.2, -0.15) is 0 Å². The first-order valence-corrected chi connectivity index (χ1v) is 8.84. The van der Waals surface area contributed by atoms with E-state index in [1.54, 1.807) is 14.2 Å². The van der Waals surface area contributed by atoms with Crippen molar-refractivity contribution >= 4 is 0 Å². The molecule has 1 saturated carbocycles. The third-order valence-corrected chi connectivity index (χ3v) is 5.87. The van der Waals surface area contributed by atoms with Gasteiger partial charge in [-0.1, -0.05) is 18.2 Å². The Bertz CT molecular complexity index is 798. The minimum Gasteiger partial charge on any atom is -0.504 e. The number of benzene rings is 2. The Balaban J connectivity index is 1.85. The summed E-state index contributed by atoms with van der Waals surface area (Å²) >= 11 is 0. The quantitative estimate of drug-likeness (QED) is 0.923. The molecule has 4 heteroatoms. The van der Waals surface area contributed by atoms with E-state index in [0.717, 1.165) is 31.6 Å². The molecule has 0 saturated heterocycles. The number of phenols is 1. The summed E-state index contributed by atoms with van der Waals surface area (Å²) in [6, 6.07) is 12.5. The van der Waals surface area contributed by atoms with Gasteiger partial charge in [-0.25, -0.2) is 0 Å². The number of methoxy groups -OCH3 is 2. The van der Waals surface area contributed by atoms with Gasteiger partial charge in [0.05, 0.1) is 14.2 Å². The van der Waals surface area contributed by atoms with Crippen LogP contribution in [-0.2, 0) is 11.8 Å². The largest absolute Gasteiger partial charge is 0.504 e. The van der Waals surface area contributed by atoms with Crippen LogP contribution in [0.4, 0.5) is 0 Å². The lowest BCUT2D eigenvalue weighted by molar-refractivity contribution is 0.184. The van der Waals surface area contributed by atoms with Gasteiger partial charge in [-0.05, 0) is 55.6 Å². The molecule has 4 rings (SSSR count).